The molecule has 2 rings (SSSR count). The monoisotopic (exact) mass is 277 g/mol. The van der Waals surface area contributed by atoms with Crippen LogP contribution >= 0.6 is 0 Å². The summed E-state index contributed by atoms with van der Waals surface area (Å²) in [4.78, 5) is 18.3. The van der Waals surface area contributed by atoms with Crippen LogP contribution in [0.2, 0.25) is 0 Å². The lowest BCUT2D eigenvalue weighted by molar-refractivity contribution is 0.210. The van der Waals surface area contributed by atoms with Gasteiger partial charge in [0.1, 0.15) is 5.75 Å². The molecule has 20 heavy (non-hydrogen) atoms. The Hall–Kier alpha value is -1.75. The largest absolute Gasteiger partial charge is 0.491 e. The Bertz CT molecular complexity index is 462. The molecule has 0 saturated carbocycles. The van der Waals surface area contributed by atoms with Gasteiger partial charge < -0.3 is 14.5 Å². The minimum absolute atomic E-state index is 0.0322. The van der Waals surface area contributed by atoms with E-state index in [9.17, 15) is 4.79 Å². The van der Waals surface area contributed by atoms with Crippen molar-refractivity contribution in [2.75, 3.05) is 52.3 Å². The third kappa shape index (κ3) is 3.42. The van der Waals surface area contributed by atoms with Crippen LogP contribution in [-0.2, 0) is 0 Å². The lowest BCUT2D eigenvalue weighted by atomic mass is 10.2. The molecule has 1 aliphatic rings. The smallest absolute Gasteiger partial charge is 0.324 e. The van der Waals surface area contributed by atoms with Gasteiger partial charge in [-0.2, -0.15) is 0 Å². The first kappa shape index (κ1) is 14.7. The Labute approximate surface area is 120 Å². The maximum atomic E-state index is 12.6. The van der Waals surface area contributed by atoms with E-state index in [4.69, 9.17) is 4.74 Å². The number of amides is 2. The predicted molar refractivity (Wildman–Crippen MR) is 80.5 cm³/mol. The maximum absolute atomic E-state index is 12.6. The normalized spacial score (nSPS) is 14.5. The third-order valence-corrected chi connectivity index (χ3v) is 3.38. The molecule has 1 heterocycles. The van der Waals surface area contributed by atoms with Crippen LogP contribution in [0.1, 0.15) is 6.42 Å². The summed E-state index contributed by atoms with van der Waals surface area (Å²) in [5, 5.41) is 0. The van der Waals surface area contributed by atoms with Crippen molar-refractivity contribution < 1.29 is 9.53 Å². The summed E-state index contributed by atoms with van der Waals surface area (Å²) < 4.78 is 5.69. The average Bonchev–Trinajstić information content (AvgIpc) is 2.66. The molecule has 5 nitrogen and oxygen atoms in total. The second-order valence-electron chi connectivity index (χ2n) is 5.33. The van der Waals surface area contributed by atoms with Crippen molar-refractivity contribution in [1.82, 2.24) is 9.80 Å². The number of likely N-dealkylation sites (N-methyl/N-ethyl adjacent to an activating group) is 2. The van der Waals surface area contributed by atoms with E-state index in [0.717, 1.165) is 24.4 Å². The van der Waals surface area contributed by atoms with Gasteiger partial charge in [0, 0.05) is 26.7 Å². The lowest BCUT2D eigenvalue weighted by Crippen LogP contribution is -2.44. The number of anilines is 1. The topological polar surface area (TPSA) is 36.0 Å². The van der Waals surface area contributed by atoms with Crippen LogP contribution in [0.5, 0.6) is 5.75 Å². The molecule has 0 atom stereocenters. The molecule has 0 fully saturated rings. The molecule has 110 valence electrons. The SMILES string of the molecule is CN(C)CCN(C)C(=O)N1CCCOc2ccccc21. The molecule has 2 amide bonds. The molecular weight excluding hydrogens is 254 g/mol. The number of nitrogens with zero attached hydrogens (tertiary/aromatic N) is 3. The van der Waals surface area contributed by atoms with E-state index in [1.54, 1.807) is 4.90 Å². The highest BCUT2D eigenvalue weighted by Gasteiger charge is 2.24. The van der Waals surface area contributed by atoms with Gasteiger partial charge in [0.25, 0.3) is 0 Å². The number of ether oxygens (including phenoxy) is 1. The number of carbonyl (C=O) groups excluding carboxylic acids is 1. The van der Waals surface area contributed by atoms with E-state index in [2.05, 4.69) is 4.90 Å². The summed E-state index contributed by atoms with van der Waals surface area (Å²) >= 11 is 0. The number of benzene rings is 1. The highest BCUT2D eigenvalue weighted by Crippen LogP contribution is 2.30. The molecule has 0 radical (unpaired) electrons. The molecule has 0 bridgehead atoms. The van der Waals surface area contributed by atoms with E-state index < -0.39 is 0 Å². The summed E-state index contributed by atoms with van der Waals surface area (Å²) in [6, 6.07) is 7.76. The third-order valence-electron chi connectivity index (χ3n) is 3.38. The number of rotatable bonds is 3. The minimum atomic E-state index is 0.0322. The van der Waals surface area contributed by atoms with Crippen molar-refractivity contribution in [3.8, 4) is 5.75 Å². The average molecular weight is 277 g/mol. The Morgan fingerprint density at radius 2 is 2.00 bits per heavy atom. The van der Waals surface area contributed by atoms with E-state index in [1.807, 2.05) is 50.3 Å². The molecular formula is C15H23N3O2. The molecule has 1 aromatic rings. The summed E-state index contributed by atoms with van der Waals surface area (Å²) in [6.07, 6.45) is 0.849. The van der Waals surface area contributed by atoms with Crippen molar-refractivity contribution >= 4 is 11.7 Å². The molecule has 1 aromatic carbocycles. The van der Waals surface area contributed by atoms with Gasteiger partial charge in [-0.3, -0.25) is 4.90 Å². The fourth-order valence-electron chi connectivity index (χ4n) is 2.18. The Kier molecular flexibility index (Phi) is 4.84. The zero-order valence-corrected chi connectivity index (χ0v) is 12.5. The van der Waals surface area contributed by atoms with Crippen molar-refractivity contribution in [3.05, 3.63) is 24.3 Å². The molecule has 0 unspecified atom stereocenters. The summed E-state index contributed by atoms with van der Waals surface area (Å²) in [7, 11) is 5.86. The van der Waals surface area contributed by atoms with E-state index in [1.165, 1.54) is 0 Å². The van der Waals surface area contributed by atoms with E-state index in [0.29, 0.717) is 19.7 Å². The van der Waals surface area contributed by atoms with Gasteiger partial charge >= 0.3 is 6.03 Å². The van der Waals surface area contributed by atoms with Crippen molar-refractivity contribution in [2.45, 2.75) is 6.42 Å². The standard InChI is InChI=1S/C15H23N3O2/c1-16(2)10-11-17(3)15(19)18-9-6-12-20-14-8-5-4-7-13(14)18/h4-5,7-8H,6,9-12H2,1-3H3. The van der Waals surface area contributed by atoms with Gasteiger partial charge in [0.05, 0.1) is 12.3 Å². The van der Waals surface area contributed by atoms with Gasteiger partial charge in [-0.15, -0.1) is 0 Å². The van der Waals surface area contributed by atoms with Crippen LogP contribution in [0.15, 0.2) is 24.3 Å². The summed E-state index contributed by atoms with van der Waals surface area (Å²) in [6.45, 7) is 2.92. The van der Waals surface area contributed by atoms with E-state index in [-0.39, 0.29) is 6.03 Å². The summed E-state index contributed by atoms with van der Waals surface area (Å²) in [5.74, 6) is 0.791. The quantitative estimate of drug-likeness (QED) is 0.846. The van der Waals surface area contributed by atoms with Crippen LogP contribution in [-0.4, -0.2) is 63.2 Å². The second kappa shape index (κ2) is 6.61. The molecule has 0 N–H and O–H groups in total. The number of hydrogen-bond donors (Lipinski definition) is 0. The van der Waals surface area contributed by atoms with E-state index >= 15 is 0 Å². The highest BCUT2D eigenvalue weighted by atomic mass is 16.5. The first-order valence-corrected chi connectivity index (χ1v) is 6.99. The van der Waals surface area contributed by atoms with Gasteiger partial charge in [-0.1, -0.05) is 12.1 Å². The number of hydrogen-bond acceptors (Lipinski definition) is 3. The maximum Gasteiger partial charge on any atom is 0.324 e. The zero-order valence-electron chi connectivity index (χ0n) is 12.5. The van der Waals surface area contributed by atoms with Gasteiger partial charge in [0.15, 0.2) is 0 Å². The van der Waals surface area contributed by atoms with Crippen molar-refractivity contribution in [3.63, 3.8) is 0 Å². The van der Waals surface area contributed by atoms with Gasteiger partial charge in [0.2, 0.25) is 0 Å². The first-order chi connectivity index (χ1) is 9.59. The zero-order chi connectivity index (χ0) is 14.5. The molecule has 0 aliphatic carbocycles. The van der Waals surface area contributed by atoms with Crippen LogP contribution < -0.4 is 9.64 Å². The number of carbonyl (C=O) groups is 1. The Morgan fingerprint density at radius 3 is 2.75 bits per heavy atom. The molecule has 0 spiro atoms. The fourth-order valence-corrected chi connectivity index (χ4v) is 2.18. The number of para-hydroxylation sites is 2. The Balaban J connectivity index is 2.13. The lowest BCUT2D eigenvalue weighted by Gasteiger charge is -2.28. The van der Waals surface area contributed by atoms with Gasteiger partial charge in [-0.25, -0.2) is 4.79 Å². The van der Waals surface area contributed by atoms with Crippen LogP contribution in [0.4, 0.5) is 10.5 Å². The minimum Gasteiger partial charge on any atom is -0.491 e. The van der Waals surface area contributed by atoms with Crippen molar-refractivity contribution in [2.24, 2.45) is 0 Å². The molecule has 0 aromatic heterocycles. The summed E-state index contributed by atoms with van der Waals surface area (Å²) in [5.41, 5.74) is 0.867. The fraction of sp³-hybridized carbons (Fsp3) is 0.533. The number of urea groups is 1. The predicted octanol–water partition coefficient (Wildman–Crippen LogP) is 1.89. The Morgan fingerprint density at radius 1 is 1.25 bits per heavy atom. The van der Waals surface area contributed by atoms with Crippen LogP contribution in [0, 0.1) is 0 Å². The van der Waals surface area contributed by atoms with Crippen LogP contribution in [0.3, 0.4) is 0 Å². The first-order valence-electron chi connectivity index (χ1n) is 6.99. The number of fused-ring (bicyclic) bond motifs is 1. The molecule has 1 aliphatic heterocycles. The van der Waals surface area contributed by atoms with Crippen molar-refractivity contribution in [1.29, 1.82) is 0 Å². The van der Waals surface area contributed by atoms with Gasteiger partial charge in [-0.05, 0) is 32.6 Å². The van der Waals surface area contributed by atoms with Crippen LogP contribution in [0.25, 0.3) is 0 Å². The molecule has 5 heteroatoms. The second-order valence-corrected chi connectivity index (χ2v) is 5.33. The highest BCUT2D eigenvalue weighted by molar-refractivity contribution is 5.93. The molecule has 0 saturated heterocycles.